The molecule has 32 heavy (non-hydrogen) atoms. The number of carbonyl (C=O) groups excluding carboxylic acids is 1. The van der Waals surface area contributed by atoms with E-state index in [0.717, 1.165) is 52.7 Å². The van der Waals surface area contributed by atoms with Crippen LogP contribution in [0.4, 0.5) is 0 Å². The quantitative estimate of drug-likeness (QED) is 0.480. The third kappa shape index (κ3) is 4.77. The molecule has 1 amide bonds. The number of nitrogens with zero attached hydrogens (tertiary/aromatic N) is 4. The van der Waals surface area contributed by atoms with Crippen LogP contribution >= 0.6 is 15.9 Å². The summed E-state index contributed by atoms with van der Waals surface area (Å²) in [5, 5.41) is 13.9. The Hall–Kier alpha value is -2.95. The molecule has 3 aromatic rings. The highest BCUT2D eigenvalue weighted by molar-refractivity contribution is 9.10. The molecule has 0 N–H and O–H groups in total. The molecule has 0 saturated carbocycles. The number of ether oxygens (including phenoxy) is 1. The summed E-state index contributed by atoms with van der Waals surface area (Å²) in [6.45, 7) is 1.34. The van der Waals surface area contributed by atoms with Gasteiger partial charge in [0.05, 0.1) is 23.9 Å². The molecular weight excluding hydrogens is 468 g/mol. The first kappa shape index (κ1) is 22.3. The highest BCUT2D eigenvalue weighted by Crippen LogP contribution is 2.29. The van der Waals surface area contributed by atoms with Crippen molar-refractivity contribution in [3.63, 3.8) is 0 Å². The van der Waals surface area contributed by atoms with Crippen molar-refractivity contribution in [1.82, 2.24) is 14.7 Å². The summed E-state index contributed by atoms with van der Waals surface area (Å²) in [5.74, 6) is -0.0849. The van der Waals surface area contributed by atoms with Crippen LogP contribution in [-0.2, 0) is 24.1 Å². The van der Waals surface area contributed by atoms with E-state index in [0.29, 0.717) is 31.0 Å². The average Bonchev–Trinajstić information content (AvgIpc) is 3.21. The first-order chi connectivity index (χ1) is 15.6. The SMILES string of the molecule is COCCN(Cc1ccc(C#N)cc1)C(=O)c1nn(-c2cccc(Br)c2)c2c1CCCC2. The average molecular weight is 493 g/mol. The molecular formula is C25H25BrN4O2. The maximum absolute atomic E-state index is 13.7. The van der Waals surface area contributed by atoms with Gasteiger partial charge in [0.1, 0.15) is 0 Å². The van der Waals surface area contributed by atoms with Crippen LogP contribution in [0.3, 0.4) is 0 Å². The van der Waals surface area contributed by atoms with Crippen molar-refractivity contribution in [2.45, 2.75) is 32.2 Å². The van der Waals surface area contributed by atoms with Gasteiger partial charge >= 0.3 is 0 Å². The number of benzene rings is 2. The van der Waals surface area contributed by atoms with Crippen LogP contribution in [0, 0.1) is 11.3 Å². The van der Waals surface area contributed by atoms with Gasteiger partial charge in [0.15, 0.2) is 5.69 Å². The second-order valence-corrected chi connectivity index (χ2v) is 8.82. The Bertz CT molecular complexity index is 1150. The van der Waals surface area contributed by atoms with Crippen molar-refractivity contribution >= 4 is 21.8 Å². The summed E-state index contributed by atoms with van der Waals surface area (Å²) in [6, 6.07) is 17.5. The second kappa shape index (κ2) is 10.1. The number of hydrogen-bond donors (Lipinski definition) is 0. The predicted molar refractivity (Wildman–Crippen MR) is 126 cm³/mol. The lowest BCUT2D eigenvalue weighted by molar-refractivity contribution is 0.0673. The Kier molecular flexibility index (Phi) is 7.03. The summed E-state index contributed by atoms with van der Waals surface area (Å²) >= 11 is 3.54. The Morgan fingerprint density at radius 2 is 2.00 bits per heavy atom. The minimum absolute atomic E-state index is 0.0849. The molecule has 0 bridgehead atoms. The molecule has 0 spiro atoms. The van der Waals surface area contributed by atoms with Gasteiger partial charge in [-0.15, -0.1) is 0 Å². The van der Waals surface area contributed by atoms with E-state index in [4.69, 9.17) is 15.1 Å². The van der Waals surface area contributed by atoms with Crippen LogP contribution in [0.25, 0.3) is 5.69 Å². The Balaban J connectivity index is 1.69. The first-order valence-corrected chi connectivity index (χ1v) is 11.5. The van der Waals surface area contributed by atoms with E-state index in [1.807, 2.05) is 41.1 Å². The van der Waals surface area contributed by atoms with Crippen molar-refractivity contribution in [2.24, 2.45) is 0 Å². The van der Waals surface area contributed by atoms with E-state index in [2.05, 4.69) is 22.0 Å². The zero-order valence-corrected chi connectivity index (χ0v) is 19.6. The fourth-order valence-electron chi connectivity index (χ4n) is 4.10. The van der Waals surface area contributed by atoms with Crippen molar-refractivity contribution in [2.75, 3.05) is 20.3 Å². The molecule has 0 atom stereocenters. The number of methoxy groups -OCH3 is 1. The van der Waals surface area contributed by atoms with Crippen LogP contribution < -0.4 is 0 Å². The third-order valence-electron chi connectivity index (χ3n) is 5.74. The van der Waals surface area contributed by atoms with E-state index in [1.54, 1.807) is 24.1 Å². The fourth-order valence-corrected chi connectivity index (χ4v) is 4.49. The van der Waals surface area contributed by atoms with Gasteiger partial charge in [-0.1, -0.05) is 34.1 Å². The standard InChI is InChI=1S/C25H25BrN4O2/c1-32-14-13-29(17-19-11-9-18(16-27)10-12-19)25(31)24-22-7-2-3-8-23(22)30(28-24)21-6-4-5-20(26)15-21/h4-6,9-12,15H,2-3,7-8,13-14,17H2,1H3. The molecule has 0 saturated heterocycles. The molecule has 1 aromatic heterocycles. The van der Waals surface area contributed by atoms with Crippen molar-refractivity contribution in [3.8, 4) is 11.8 Å². The number of nitriles is 1. The topological polar surface area (TPSA) is 71.2 Å². The van der Waals surface area contributed by atoms with Gasteiger partial charge < -0.3 is 9.64 Å². The summed E-state index contributed by atoms with van der Waals surface area (Å²) < 4.78 is 8.18. The number of rotatable bonds is 7. The van der Waals surface area contributed by atoms with E-state index < -0.39 is 0 Å². The lowest BCUT2D eigenvalue weighted by Gasteiger charge is -2.22. The normalized spacial score (nSPS) is 12.8. The Morgan fingerprint density at radius 3 is 2.72 bits per heavy atom. The molecule has 0 unspecified atom stereocenters. The van der Waals surface area contributed by atoms with Gasteiger partial charge in [0, 0.05) is 35.9 Å². The fraction of sp³-hybridized carbons (Fsp3) is 0.320. The van der Waals surface area contributed by atoms with Crippen LogP contribution in [0.2, 0.25) is 0 Å². The van der Waals surface area contributed by atoms with Crippen molar-refractivity contribution in [3.05, 3.63) is 81.1 Å². The minimum Gasteiger partial charge on any atom is -0.383 e. The second-order valence-electron chi connectivity index (χ2n) is 7.90. The zero-order valence-electron chi connectivity index (χ0n) is 18.1. The van der Waals surface area contributed by atoms with Crippen molar-refractivity contribution in [1.29, 1.82) is 5.26 Å². The zero-order chi connectivity index (χ0) is 22.5. The number of carbonyl (C=O) groups is 1. The molecule has 0 fully saturated rings. The van der Waals surface area contributed by atoms with Gasteiger partial charge in [-0.3, -0.25) is 4.79 Å². The van der Waals surface area contributed by atoms with Crippen LogP contribution in [0.1, 0.15) is 45.7 Å². The summed E-state index contributed by atoms with van der Waals surface area (Å²) in [7, 11) is 1.63. The first-order valence-electron chi connectivity index (χ1n) is 10.7. The lowest BCUT2D eigenvalue weighted by Crippen LogP contribution is -2.34. The van der Waals surface area contributed by atoms with Gasteiger partial charge in [-0.05, 0) is 61.6 Å². The number of halogens is 1. The molecule has 1 aliphatic rings. The molecule has 0 aliphatic heterocycles. The Labute approximate surface area is 196 Å². The molecule has 1 aliphatic carbocycles. The van der Waals surface area contributed by atoms with Crippen LogP contribution in [0.5, 0.6) is 0 Å². The lowest BCUT2D eigenvalue weighted by atomic mass is 9.95. The predicted octanol–water partition coefficient (Wildman–Crippen LogP) is 4.67. The molecule has 2 aromatic carbocycles. The highest BCUT2D eigenvalue weighted by atomic mass is 79.9. The van der Waals surface area contributed by atoms with E-state index in [9.17, 15) is 4.79 Å². The van der Waals surface area contributed by atoms with Crippen molar-refractivity contribution < 1.29 is 9.53 Å². The van der Waals surface area contributed by atoms with E-state index in [1.165, 1.54) is 0 Å². The third-order valence-corrected chi connectivity index (χ3v) is 6.24. The molecule has 7 heteroatoms. The molecule has 1 heterocycles. The van der Waals surface area contributed by atoms with Gasteiger partial charge in [-0.25, -0.2) is 4.68 Å². The molecule has 6 nitrogen and oxygen atoms in total. The number of hydrogen-bond acceptors (Lipinski definition) is 4. The smallest absolute Gasteiger partial charge is 0.275 e. The number of amides is 1. The largest absolute Gasteiger partial charge is 0.383 e. The summed E-state index contributed by atoms with van der Waals surface area (Å²) in [5.41, 5.74) is 5.24. The van der Waals surface area contributed by atoms with Gasteiger partial charge in [-0.2, -0.15) is 10.4 Å². The highest BCUT2D eigenvalue weighted by Gasteiger charge is 2.28. The molecule has 4 rings (SSSR count). The minimum atomic E-state index is -0.0849. The molecule has 0 radical (unpaired) electrons. The van der Waals surface area contributed by atoms with E-state index >= 15 is 0 Å². The molecule has 164 valence electrons. The van der Waals surface area contributed by atoms with E-state index in [-0.39, 0.29) is 5.91 Å². The van der Waals surface area contributed by atoms with Gasteiger partial charge in [0.2, 0.25) is 0 Å². The van der Waals surface area contributed by atoms with Crippen LogP contribution in [0.15, 0.2) is 53.0 Å². The number of aromatic nitrogens is 2. The van der Waals surface area contributed by atoms with Crippen LogP contribution in [-0.4, -0.2) is 40.8 Å². The number of fused-ring (bicyclic) bond motifs is 1. The Morgan fingerprint density at radius 1 is 1.22 bits per heavy atom. The summed E-state index contributed by atoms with van der Waals surface area (Å²) in [6.07, 6.45) is 3.93. The summed E-state index contributed by atoms with van der Waals surface area (Å²) in [4.78, 5) is 15.5. The van der Waals surface area contributed by atoms with Gasteiger partial charge in [0.25, 0.3) is 5.91 Å². The maximum atomic E-state index is 13.7. The monoisotopic (exact) mass is 492 g/mol. The maximum Gasteiger partial charge on any atom is 0.275 e.